The van der Waals surface area contributed by atoms with Crippen LogP contribution in [-0.2, 0) is 14.8 Å². The molecule has 2 aromatic rings. The first-order valence-electron chi connectivity index (χ1n) is 5.27. The van der Waals surface area contributed by atoms with Gasteiger partial charge in [-0.05, 0) is 29.8 Å². The average Bonchev–Trinajstić information content (AvgIpc) is 2.31. The van der Waals surface area contributed by atoms with Crippen LogP contribution in [0.1, 0.15) is 5.56 Å². The average molecular weight is 283 g/mol. The highest BCUT2D eigenvalue weighted by atomic mass is 35.7. The molecule has 18 heavy (non-hydrogen) atoms. The minimum Gasteiger partial charge on any atom is -0.457 e. The standard InChI is InChI=1S/C13H11ClO3S/c14-18(15,16)10-11-6-8-13(9-7-11)17-12-4-2-1-3-5-12/h1-9H,10H2. The largest absolute Gasteiger partial charge is 0.457 e. The van der Waals surface area contributed by atoms with Crippen molar-refractivity contribution in [3.63, 3.8) is 0 Å². The van der Waals surface area contributed by atoms with E-state index in [1.165, 1.54) is 0 Å². The van der Waals surface area contributed by atoms with Crippen LogP contribution in [-0.4, -0.2) is 8.42 Å². The van der Waals surface area contributed by atoms with Gasteiger partial charge >= 0.3 is 0 Å². The molecule has 0 fully saturated rings. The minimum absolute atomic E-state index is 0.180. The molecule has 0 aromatic heterocycles. The van der Waals surface area contributed by atoms with Gasteiger partial charge in [0.1, 0.15) is 11.5 Å². The molecule has 2 aromatic carbocycles. The maximum atomic E-state index is 10.9. The Morgan fingerprint density at radius 1 is 0.889 bits per heavy atom. The van der Waals surface area contributed by atoms with E-state index in [0.717, 1.165) is 5.75 Å². The zero-order chi connectivity index (χ0) is 13.0. The summed E-state index contributed by atoms with van der Waals surface area (Å²) in [6, 6.07) is 16.1. The van der Waals surface area contributed by atoms with Crippen LogP contribution in [0.4, 0.5) is 0 Å². The van der Waals surface area contributed by atoms with Gasteiger partial charge in [0.25, 0.3) is 0 Å². The van der Waals surface area contributed by atoms with Gasteiger partial charge in [0.2, 0.25) is 9.05 Å². The molecule has 0 spiro atoms. The Balaban J connectivity index is 2.09. The van der Waals surface area contributed by atoms with Crippen molar-refractivity contribution in [2.45, 2.75) is 5.75 Å². The van der Waals surface area contributed by atoms with Crippen LogP contribution in [0.15, 0.2) is 54.6 Å². The maximum Gasteiger partial charge on any atom is 0.236 e. The summed E-state index contributed by atoms with van der Waals surface area (Å²) in [4.78, 5) is 0. The highest BCUT2D eigenvalue weighted by Gasteiger charge is 2.07. The number of hydrogen-bond donors (Lipinski definition) is 0. The van der Waals surface area contributed by atoms with Gasteiger partial charge in [-0.15, -0.1) is 0 Å². The lowest BCUT2D eigenvalue weighted by molar-refractivity contribution is 0.482. The van der Waals surface area contributed by atoms with Crippen LogP contribution < -0.4 is 4.74 Å². The van der Waals surface area contributed by atoms with Crippen molar-refractivity contribution in [2.75, 3.05) is 0 Å². The number of hydrogen-bond acceptors (Lipinski definition) is 3. The van der Waals surface area contributed by atoms with E-state index in [4.69, 9.17) is 15.4 Å². The molecule has 2 rings (SSSR count). The van der Waals surface area contributed by atoms with Gasteiger partial charge in [-0.1, -0.05) is 30.3 Å². The summed E-state index contributed by atoms with van der Waals surface area (Å²) in [5, 5.41) is 0. The van der Waals surface area contributed by atoms with E-state index in [-0.39, 0.29) is 5.75 Å². The molecular weight excluding hydrogens is 272 g/mol. The molecule has 94 valence electrons. The van der Waals surface area contributed by atoms with E-state index < -0.39 is 9.05 Å². The summed E-state index contributed by atoms with van der Waals surface area (Å²) < 4.78 is 27.4. The van der Waals surface area contributed by atoms with Crippen molar-refractivity contribution in [3.05, 3.63) is 60.2 Å². The van der Waals surface area contributed by atoms with Gasteiger partial charge in [-0.3, -0.25) is 0 Å². The first-order valence-corrected chi connectivity index (χ1v) is 7.75. The Hall–Kier alpha value is -1.52. The van der Waals surface area contributed by atoms with Crippen LogP contribution in [0.3, 0.4) is 0 Å². The quantitative estimate of drug-likeness (QED) is 0.806. The van der Waals surface area contributed by atoms with Gasteiger partial charge < -0.3 is 4.74 Å². The monoisotopic (exact) mass is 282 g/mol. The highest BCUT2D eigenvalue weighted by Crippen LogP contribution is 2.22. The Morgan fingerprint density at radius 3 is 2.00 bits per heavy atom. The predicted molar refractivity (Wildman–Crippen MR) is 71.4 cm³/mol. The Kier molecular flexibility index (Phi) is 3.89. The van der Waals surface area contributed by atoms with Crippen LogP contribution in [0, 0.1) is 0 Å². The predicted octanol–water partition coefficient (Wildman–Crippen LogP) is 3.55. The van der Waals surface area contributed by atoms with E-state index in [1.807, 2.05) is 30.3 Å². The first-order chi connectivity index (χ1) is 8.53. The van der Waals surface area contributed by atoms with E-state index in [1.54, 1.807) is 24.3 Å². The fourth-order valence-electron chi connectivity index (χ4n) is 1.48. The molecule has 3 nitrogen and oxygen atoms in total. The Morgan fingerprint density at radius 2 is 1.44 bits per heavy atom. The SMILES string of the molecule is O=S(=O)(Cl)Cc1ccc(Oc2ccccc2)cc1. The fraction of sp³-hybridized carbons (Fsp3) is 0.0769. The molecule has 0 radical (unpaired) electrons. The number of para-hydroxylation sites is 1. The zero-order valence-electron chi connectivity index (χ0n) is 9.41. The second kappa shape index (κ2) is 5.42. The van der Waals surface area contributed by atoms with Crippen molar-refractivity contribution in [3.8, 4) is 11.5 Å². The summed E-state index contributed by atoms with van der Waals surface area (Å²) in [6.45, 7) is 0. The second-order valence-corrected chi connectivity index (χ2v) is 6.52. The van der Waals surface area contributed by atoms with Crippen molar-refractivity contribution in [1.82, 2.24) is 0 Å². The highest BCUT2D eigenvalue weighted by molar-refractivity contribution is 8.13. The van der Waals surface area contributed by atoms with Gasteiger partial charge in [0.05, 0.1) is 5.75 Å². The molecule has 0 bridgehead atoms. The van der Waals surface area contributed by atoms with Crippen LogP contribution in [0.2, 0.25) is 0 Å². The van der Waals surface area contributed by atoms with Gasteiger partial charge in [-0.25, -0.2) is 8.42 Å². The topological polar surface area (TPSA) is 43.4 Å². The Labute approximate surface area is 110 Å². The van der Waals surface area contributed by atoms with E-state index >= 15 is 0 Å². The lowest BCUT2D eigenvalue weighted by Crippen LogP contribution is -1.94. The number of rotatable bonds is 4. The third-order valence-corrected chi connectivity index (χ3v) is 3.25. The van der Waals surface area contributed by atoms with E-state index in [0.29, 0.717) is 11.3 Å². The van der Waals surface area contributed by atoms with Crippen LogP contribution in [0.5, 0.6) is 11.5 Å². The number of ether oxygens (including phenoxy) is 1. The summed E-state index contributed by atoms with van der Waals surface area (Å²) in [5.41, 5.74) is 0.630. The fourth-order valence-corrected chi connectivity index (χ4v) is 2.45. The van der Waals surface area contributed by atoms with E-state index in [2.05, 4.69) is 0 Å². The number of benzene rings is 2. The van der Waals surface area contributed by atoms with Gasteiger partial charge in [0, 0.05) is 10.7 Å². The van der Waals surface area contributed by atoms with Crippen molar-refractivity contribution >= 4 is 19.7 Å². The Bertz CT molecular complexity index is 606. The lowest BCUT2D eigenvalue weighted by Gasteiger charge is -2.05. The molecule has 0 unspecified atom stereocenters. The summed E-state index contributed by atoms with van der Waals surface area (Å²) in [5.74, 6) is 1.20. The van der Waals surface area contributed by atoms with Crippen LogP contribution in [0.25, 0.3) is 0 Å². The maximum absolute atomic E-state index is 10.9. The molecule has 0 aliphatic rings. The molecule has 0 amide bonds. The number of halogens is 1. The van der Waals surface area contributed by atoms with Crippen molar-refractivity contribution < 1.29 is 13.2 Å². The summed E-state index contributed by atoms with van der Waals surface area (Å²) in [7, 11) is 1.66. The molecule has 0 aliphatic heterocycles. The third-order valence-electron chi connectivity index (χ3n) is 2.24. The second-order valence-electron chi connectivity index (χ2n) is 3.74. The zero-order valence-corrected chi connectivity index (χ0v) is 11.0. The van der Waals surface area contributed by atoms with Gasteiger partial charge in [-0.2, -0.15) is 0 Å². The van der Waals surface area contributed by atoms with E-state index in [9.17, 15) is 8.42 Å². The third kappa shape index (κ3) is 4.05. The summed E-state index contributed by atoms with van der Waals surface area (Å²) in [6.07, 6.45) is 0. The molecular formula is C13H11ClO3S. The molecule has 5 heteroatoms. The van der Waals surface area contributed by atoms with Crippen molar-refractivity contribution in [2.24, 2.45) is 0 Å². The normalized spacial score (nSPS) is 11.2. The molecule has 0 atom stereocenters. The molecule has 0 N–H and O–H groups in total. The molecule has 0 aliphatic carbocycles. The molecule has 0 saturated carbocycles. The molecule has 0 saturated heterocycles. The summed E-state index contributed by atoms with van der Waals surface area (Å²) >= 11 is 0. The van der Waals surface area contributed by atoms with Gasteiger partial charge in [0.15, 0.2) is 0 Å². The van der Waals surface area contributed by atoms with Crippen LogP contribution >= 0.6 is 10.7 Å². The first kappa shape index (κ1) is 12.9. The molecule has 0 heterocycles. The lowest BCUT2D eigenvalue weighted by atomic mass is 10.2. The minimum atomic E-state index is -3.52. The van der Waals surface area contributed by atoms with Crippen molar-refractivity contribution in [1.29, 1.82) is 0 Å². The smallest absolute Gasteiger partial charge is 0.236 e.